The average molecular weight is 369 g/mol. The Morgan fingerprint density at radius 1 is 1.37 bits per heavy atom. The van der Waals surface area contributed by atoms with Gasteiger partial charge in [0.25, 0.3) is 0 Å². The highest BCUT2D eigenvalue weighted by Gasteiger charge is 2.16. The summed E-state index contributed by atoms with van der Waals surface area (Å²) in [5, 5.41) is 20.7. The number of allylic oxidation sites excluding steroid dienone is 1. The summed E-state index contributed by atoms with van der Waals surface area (Å²) in [6.45, 7) is 1.59. The number of aromatic nitrogens is 2. The van der Waals surface area contributed by atoms with E-state index < -0.39 is 0 Å². The molecule has 0 bridgehead atoms. The van der Waals surface area contributed by atoms with Crippen molar-refractivity contribution in [3.05, 3.63) is 36.2 Å². The van der Waals surface area contributed by atoms with E-state index in [1.54, 1.807) is 13.3 Å². The highest BCUT2D eigenvalue weighted by molar-refractivity contribution is 5.98. The number of methoxy groups -OCH3 is 1. The number of amidine groups is 1. The third-order valence-corrected chi connectivity index (χ3v) is 3.91. The van der Waals surface area contributed by atoms with Crippen LogP contribution in [0.1, 0.15) is 6.42 Å². The lowest BCUT2D eigenvalue weighted by molar-refractivity contribution is 0.312. The van der Waals surface area contributed by atoms with Gasteiger partial charge in [0.1, 0.15) is 17.3 Å². The Morgan fingerprint density at radius 3 is 2.93 bits per heavy atom. The van der Waals surface area contributed by atoms with Gasteiger partial charge in [-0.3, -0.25) is 5.10 Å². The number of anilines is 1. The number of H-pyrrole nitrogens is 1. The Hall–Kier alpha value is -3.33. The Balaban J connectivity index is 1.82. The molecule has 6 N–H and O–H groups in total. The molecule has 0 amide bonds. The van der Waals surface area contributed by atoms with Gasteiger partial charge in [0, 0.05) is 12.3 Å². The van der Waals surface area contributed by atoms with Crippen molar-refractivity contribution in [2.75, 3.05) is 32.1 Å². The molecule has 1 aromatic carbocycles. The molecular weight excluding hydrogens is 346 g/mol. The molecule has 0 atom stereocenters. The predicted octanol–water partition coefficient (Wildman–Crippen LogP) is 1.72. The van der Waals surface area contributed by atoms with E-state index in [2.05, 4.69) is 25.8 Å². The van der Waals surface area contributed by atoms with Gasteiger partial charge in [-0.1, -0.05) is 6.07 Å². The first kappa shape index (κ1) is 18.5. The summed E-state index contributed by atoms with van der Waals surface area (Å²) in [5.74, 6) is 2.72. The highest BCUT2D eigenvalue weighted by atomic mass is 16.5. The van der Waals surface area contributed by atoms with E-state index >= 15 is 0 Å². The number of aromatic amines is 1. The summed E-state index contributed by atoms with van der Waals surface area (Å²) in [7, 11) is 1.62. The van der Waals surface area contributed by atoms with Crippen LogP contribution in [0.4, 0.5) is 5.82 Å². The molecule has 27 heavy (non-hydrogen) atoms. The largest absolute Gasteiger partial charge is 0.496 e. The molecule has 0 fully saturated rings. The van der Waals surface area contributed by atoms with Gasteiger partial charge in [0.05, 0.1) is 43.4 Å². The minimum Gasteiger partial charge on any atom is -0.496 e. The van der Waals surface area contributed by atoms with Crippen LogP contribution in [0.3, 0.4) is 0 Å². The smallest absolute Gasteiger partial charge is 0.153 e. The number of benzene rings is 1. The fourth-order valence-corrected chi connectivity index (χ4v) is 2.58. The van der Waals surface area contributed by atoms with E-state index in [-0.39, 0.29) is 0 Å². The normalized spacial score (nSPS) is 13.3. The molecule has 0 unspecified atom stereocenters. The number of ether oxygens (including phenoxy) is 2. The van der Waals surface area contributed by atoms with Crippen molar-refractivity contribution in [3.8, 4) is 22.8 Å². The molecule has 2 aromatic rings. The van der Waals surface area contributed by atoms with Gasteiger partial charge in [-0.15, -0.1) is 0 Å². The van der Waals surface area contributed by atoms with Crippen molar-refractivity contribution in [2.24, 2.45) is 10.7 Å². The van der Waals surface area contributed by atoms with Gasteiger partial charge in [-0.2, -0.15) is 5.10 Å². The van der Waals surface area contributed by atoms with Gasteiger partial charge >= 0.3 is 0 Å². The van der Waals surface area contributed by atoms with E-state index in [9.17, 15) is 0 Å². The molecule has 1 aliphatic rings. The van der Waals surface area contributed by atoms with E-state index in [1.807, 2.05) is 24.3 Å². The minimum atomic E-state index is 0.492. The third-order valence-electron chi connectivity index (χ3n) is 3.91. The molecule has 1 aromatic heterocycles. The topological polar surface area (TPSA) is 133 Å². The Bertz CT molecular complexity index is 857. The zero-order chi connectivity index (χ0) is 19.1. The number of rotatable bonds is 8. The number of aliphatic imine (C=N–C) groups is 1. The van der Waals surface area contributed by atoms with Crippen molar-refractivity contribution in [1.29, 1.82) is 5.41 Å². The monoisotopic (exact) mass is 369 g/mol. The zero-order valence-corrected chi connectivity index (χ0v) is 15.1. The van der Waals surface area contributed by atoms with Crippen LogP contribution in [-0.4, -0.2) is 49.1 Å². The van der Waals surface area contributed by atoms with Crippen LogP contribution in [-0.2, 0) is 0 Å². The van der Waals surface area contributed by atoms with Crippen molar-refractivity contribution in [3.63, 3.8) is 0 Å². The summed E-state index contributed by atoms with van der Waals surface area (Å²) in [6.07, 6.45) is 3.58. The third kappa shape index (κ3) is 4.45. The standard InChI is InChI=1S/C18H23N7O2/c1-26-14-4-2-5-15(27-7-3-6-19)18(14)13-8-16(25-24-13)23-17-11-21-12(9-20)10-22-17/h2,4-5,8-10,20-21H,3,6-7,11,19H2,1H3,(H2,22,23,24,25). The average Bonchev–Trinajstić information content (AvgIpc) is 3.16. The molecule has 0 spiro atoms. The Morgan fingerprint density at radius 2 is 2.22 bits per heavy atom. The van der Waals surface area contributed by atoms with Crippen LogP contribution >= 0.6 is 0 Å². The predicted molar refractivity (Wildman–Crippen MR) is 106 cm³/mol. The first-order valence-corrected chi connectivity index (χ1v) is 8.59. The van der Waals surface area contributed by atoms with Crippen molar-refractivity contribution >= 4 is 17.9 Å². The van der Waals surface area contributed by atoms with E-state index in [1.165, 1.54) is 6.21 Å². The molecule has 0 radical (unpaired) electrons. The summed E-state index contributed by atoms with van der Waals surface area (Å²) in [5.41, 5.74) is 7.77. The fraction of sp³-hybridized carbons (Fsp3) is 0.278. The van der Waals surface area contributed by atoms with Gasteiger partial charge < -0.3 is 31.3 Å². The fourth-order valence-electron chi connectivity index (χ4n) is 2.58. The maximum atomic E-state index is 7.21. The first-order chi connectivity index (χ1) is 13.2. The Labute approximate surface area is 157 Å². The van der Waals surface area contributed by atoms with Gasteiger partial charge in [-0.25, -0.2) is 4.99 Å². The number of nitrogens with two attached hydrogens (primary N) is 1. The second-order valence-electron chi connectivity index (χ2n) is 5.77. The first-order valence-electron chi connectivity index (χ1n) is 8.59. The van der Waals surface area contributed by atoms with Gasteiger partial charge in [-0.05, 0) is 25.1 Å². The van der Waals surface area contributed by atoms with Crippen LogP contribution in [0.5, 0.6) is 11.5 Å². The number of nitrogens with one attached hydrogen (secondary N) is 4. The van der Waals surface area contributed by atoms with Crippen molar-refractivity contribution in [1.82, 2.24) is 15.5 Å². The van der Waals surface area contributed by atoms with Gasteiger partial charge in [0.2, 0.25) is 0 Å². The molecular formula is C18H23N7O2. The number of hydrogen-bond donors (Lipinski definition) is 5. The van der Waals surface area contributed by atoms with Gasteiger partial charge in [0.15, 0.2) is 5.82 Å². The van der Waals surface area contributed by atoms with E-state index in [4.69, 9.17) is 20.6 Å². The maximum Gasteiger partial charge on any atom is 0.153 e. The maximum absolute atomic E-state index is 7.21. The summed E-state index contributed by atoms with van der Waals surface area (Å²) >= 11 is 0. The lowest BCUT2D eigenvalue weighted by Gasteiger charge is -2.14. The summed E-state index contributed by atoms with van der Waals surface area (Å²) < 4.78 is 11.4. The summed E-state index contributed by atoms with van der Waals surface area (Å²) in [4.78, 5) is 4.27. The highest BCUT2D eigenvalue weighted by Crippen LogP contribution is 2.38. The zero-order valence-electron chi connectivity index (χ0n) is 15.1. The lowest BCUT2D eigenvalue weighted by Crippen LogP contribution is -2.31. The molecule has 142 valence electrons. The lowest BCUT2D eigenvalue weighted by atomic mass is 10.1. The molecule has 0 saturated heterocycles. The SMILES string of the molecule is COc1cccc(OCCCN)c1-c1cc(NC2=NC=C(C=N)NC2)n[nH]1. The van der Waals surface area contributed by atoms with Crippen molar-refractivity contribution in [2.45, 2.75) is 6.42 Å². The quantitative estimate of drug-likeness (QED) is 0.355. The van der Waals surface area contributed by atoms with Crippen LogP contribution < -0.4 is 25.8 Å². The molecule has 1 aliphatic heterocycles. The Kier molecular flexibility index (Phi) is 6.06. The van der Waals surface area contributed by atoms with Crippen LogP contribution in [0, 0.1) is 5.41 Å². The number of nitrogens with zero attached hydrogens (tertiary/aromatic N) is 2. The molecule has 0 saturated carbocycles. The molecule has 9 nitrogen and oxygen atoms in total. The van der Waals surface area contributed by atoms with E-state index in [0.29, 0.717) is 48.5 Å². The van der Waals surface area contributed by atoms with Crippen LogP contribution in [0.2, 0.25) is 0 Å². The molecule has 2 heterocycles. The minimum absolute atomic E-state index is 0.492. The van der Waals surface area contributed by atoms with Crippen LogP contribution in [0.15, 0.2) is 41.2 Å². The van der Waals surface area contributed by atoms with Crippen molar-refractivity contribution < 1.29 is 9.47 Å². The van der Waals surface area contributed by atoms with E-state index in [0.717, 1.165) is 17.7 Å². The van der Waals surface area contributed by atoms with Crippen LogP contribution in [0.25, 0.3) is 11.3 Å². The number of hydrogen-bond acceptors (Lipinski definition) is 8. The second-order valence-corrected chi connectivity index (χ2v) is 5.77. The molecule has 3 rings (SSSR count). The summed E-state index contributed by atoms with van der Waals surface area (Å²) in [6, 6.07) is 7.51. The molecule has 0 aliphatic carbocycles. The second kappa shape index (κ2) is 8.86. The molecule has 9 heteroatoms.